The molecule has 2 rings (SSSR count). The molecule has 7 heteroatoms. The van der Waals surface area contributed by atoms with Gasteiger partial charge in [-0.25, -0.2) is 8.42 Å². The monoisotopic (exact) mass is 389 g/mol. The Morgan fingerprint density at radius 2 is 1.67 bits per heavy atom. The van der Waals surface area contributed by atoms with Crippen molar-refractivity contribution in [1.82, 2.24) is 10.2 Å². The van der Waals surface area contributed by atoms with Crippen molar-refractivity contribution in [3.05, 3.63) is 65.7 Å². The molecule has 0 spiro atoms. The molecule has 0 saturated heterocycles. The molecule has 0 atom stereocenters. The van der Waals surface area contributed by atoms with Crippen molar-refractivity contribution in [2.45, 2.75) is 19.9 Å². The predicted molar refractivity (Wildman–Crippen MR) is 109 cm³/mol. The Morgan fingerprint density at radius 3 is 2.26 bits per heavy atom. The van der Waals surface area contributed by atoms with Gasteiger partial charge in [0.05, 0.1) is 6.26 Å². The van der Waals surface area contributed by atoms with Gasteiger partial charge in [0.2, 0.25) is 10.0 Å². The van der Waals surface area contributed by atoms with Gasteiger partial charge >= 0.3 is 0 Å². The van der Waals surface area contributed by atoms with Crippen molar-refractivity contribution < 1.29 is 13.2 Å². The van der Waals surface area contributed by atoms with E-state index >= 15 is 0 Å². The highest BCUT2D eigenvalue weighted by Gasteiger charge is 2.15. The Balaban J connectivity index is 1.91. The average Bonchev–Trinajstić information content (AvgIpc) is 2.64. The SMILES string of the molecule is CCCN(CCNCc1ccccc1)C(=O)c1ccc(NS(C)(=O)=O)cc1. The molecular formula is C20H27N3O3S. The Labute approximate surface area is 161 Å². The van der Waals surface area contributed by atoms with Gasteiger partial charge < -0.3 is 10.2 Å². The smallest absolute Gasteiger partial charge is 0.253 e. The number of benzene rings is 2. The molecule has 0 heterocycles. The summed E-state index contributed by atoms with van der Waals surface area (Å²) in [6.45, 7) is 4.80. The van der Waals surface area contributed by atoms with Crippen molar-refractivity contribution in [2.75, 3.05) is 30.6 Å². The number of sulfonamides is 1. The lowest BCUT2D eigenvalue weighted by Gasteiger charge is -2.22. The van der Waals surface area contributed by atoms with Gasteiger partial charge in [-0.05, 0) is 36.2 Å². The Hall–Kier alpha value is -2.38. The largest absolute Gasteiger partial charge is 0.337 e. The fourth-order valence-electron chi connectivity index (χ4n) is 2.70. The molecule has 2 aromatic carbocycles. The van der Waals surface area contributed by atoms with E-state index in [1.165, 1.54) is 5.56 Å². The first kappa shape index (κ1) is 20.9. The van der Waals surface area contributed by atoms with Gasteiger partial charge in [0.15, 0.2) is 0 Å². The van der Waals surface area contributed by atoms with E-state index in [1.807, 2.05) is 30.0 Å². The maximum Gasteiger partial charge on any atom is 0.253 e. The summed E-state index contributed by atoms with van der Waals surface area (Å²) in [7, 11) is -3.33. The van der Waals surface area contributed by atoms with Crippen LogP contribution in [0.2, 0.25) is 0 Å². The van der Waals surface area contributed by atoms with E-state index in [9.17, 15) is 13.2 Å². The van der Waals surface area contributed by atoms with Crippen LogP contribution in [-0.4, -0.2) is 45.1 Å². The maximum absolute atomic E-state index is 12.8. The van der Waals surface area contributed by atoms with Crippen LogP contribution in [0.25, 0.3) is 0 Å². The first-order chi connectivity index (χ1) is 12.9. The first-order valence-corrected chi connectivity index (χ1v) is 10.9. The lowest BCUT2D eigenvalue weighted by atomic mass is 10.1. The van der Waals surface area contributed by atoms with Crippen LogP contribution in [0.5, 0.6) is 0 Å². The molecule has 0 aromatic heterocycles. The number of hydrogen-bond acceptors (Lipinski definition) is 4. The normalized spacial score (nSPS) is 11.2. The number of anilines is 1. The zero-order valence-electron chi connectivity index (χ0n) is 15.8. The van der Waals surface area contributed by atoms with Crippen molar-refractivity contribution >= 4 is 21.6 Å². The third kappa shape index (κ3) is 7.40. The second kappa shape index (κ2) is 10.1. The molecule has 0 saturated carbocycles. The maximum atomic E-state index is 12.8. The highest BCUT2D eigenvalue weighted by atomic mass is 32.2. The zero-order chi connectivity index (χ0) is 19.7. The van der Waals surface area contributed by atoms with Gasteiger partial charge in [0.1, 0.15) is 0 Å². The summed E-state index contributed by atoms with van der Waals surface area (Å²) in [5, 5.41) is 3.36. The van der Waals surface area contributed by atoms with Gasteiger partial charge in [-0.2, -0.15) is 0 Å². The van der Waals surface area contributed by atoms with Crippen molar-refractivity contribution in [3.8, 4) is 0 Å². The lowest BCUT2D eigenvalue weighted by Crippen LogP contribution is -2.37. The molecule has 27 heavy (non-hydrogen) atoms. The van der Waals surface area contributed by atoms with E-state index in [2.05, 4.69) is 22.2 Å². The van der Waals surface area contributed by atoms with Crippen LogP contribution in [0, 0.1) is 0 Å². The second-order valence-corrected chi connectivity index (χ2v) is 8.15. The summed E-state index contributed by atoms with van der Waals surface area (Å²) in [5.41, 5.74) is 2.20. The van der Waals surface area contributed by atoms with Crippen molar-refractivity contribution in [2.24, 2.45) is 0 Å². The van der Waals surface area contributed by atoms with Crippen molar-refractivity contribution in [3.63, 3.8) is 0 Å². The molecule has 6 nitrogen and oxygen atoms in total. The summed E-state index contributed by atoms with van der Waals surface area (Å²) < 4.78 is 24.9. The van der Waals surface area contributed by atoms with Gasteiger partial charge in [0, 0.05) is 37.4 Å². The van der Waals surface area contributed by atoms with Gasteiger partial charge in [0.25, 0.3) is 5.91 Å². The third-order valence-electron chi connectivity index (χ3n) is 3.95. The number of carbonyl (C=O) groups is 1. The van der Waals surface area contributed by atoms with Crippen LogP contribution >= 0.6 is 0 Å². The highest BCUT2D eigenvalue weighted by Crippen LogP contribution is 2.13. The Bertz CT molecular complexity index is 821. The lowest BCUT2D eigenvalue weighted by molar-refractivity contribution is 0.0757. The average molecular weight is 390 g/mol. The summed E-state index contributed by atoms with van der Waals surface area (Å²) in [4.78, 5) is 14.6. The molecule has 0 bridgehead atoms. The first-order valence-electron chi connectivity index (χ1n) is 9.01. The predicted octanol–water partition coefficient (Wildman–Crippen LogP) is 2.70. The fourth-order valence-corrected chi connectivity index (χ4v) is 3.27. The summed E-state index contributed by atoms with van der Waals surface area (Å²) in [6.07, 6.45) is 1.97. The molecule has 146 valence electrons. The standard InChI is InChI=1S/C20H27N3O3S/c1-3-14-23(15-13-21-16-17-7-5-4-6-8-17)20(24)18-9-11-19(12-10-18)22-27(2,25)26/h4-12,21-22H,3,13-16H2,1-2H3. The third-order valence-corrected chi connectivity index (χ3v) is 4.55. The number of amides is 1. The van der Waals surface area contributed by atoms with E-state index < -0.39 is 10.0 Å². The molecule has 0 aliphatic heterocycles. The molecule has 1 amide bonds. The second-order valence-electron chi connectivity index (χ2n) is 6.41. The molecule has 2 aromatic rings. The van der Waals surface area contributed by atoms with Crippen LogP contribution < -0.4 is 10.0 Å². The van der Waals surface area contributed by atoms with Crippen LogP contribution in [0.4, 0.5) is 5.69 Å². The summed E-state index contributed by atoms with van der Waals surface area (Å²) in [5.74, 6) is -0.0516. The quantitative estimate of drug-likeness (QED) is 0.613. The molecule has 2 N–H and O–H groups in total. The number of nitrogens with zero attached hydrogens (tertiary/aromatic N) is 1. The Morgan fingerprint density at radius 1 is 1.00 bits per heavy atom. The van der Waals surface area contributed by atoms with E-state index in [0.717, 1.165) is 19.2 Å². The van der Waals surface area contributed by atoms with E-state index in [0.29, 0.717) is 30.9 Å². The number of nitrogens with one attached hydrogen (secondary N) is 2. The molecular weight excluding hydrogens is 362 g/mol. The zero-order valence-corrected chi connectivity index (χ0v) is 16.6. The van der Waals surface area contributed by atoms with E-state index in [4.69, 9.17) is 0 Å². The minimum absolute atomic E-state index is 0.0516. The van der Waals surface area contributed by atoms with Crippen LogP contribution in [0.3, 0.4) is 0 Å². The van der Waals surface area contributed by atoms with Gasteiger partial charge in [-0.1, -0.05) is 37.3 Å². The van der Waals surface area contributed by atoms with E-state index in [1.54, 1.807) is 24.3 Å². The summed E-state index contributed by atoms with van der Waals surface area (Å²) >= 11 is 0. The Kier molecular flexibility index (Phi) is 7.82. The molecule has 0 unspecified atom stereocenters. The van der Waals surface area contributed by atoms with Crippen LogP contribution in [-0.2, 0) is 16.6 Å². The summed E-state index contributed by atoms with van der Waals surface area (Å²) in [6, 6.07) is 16.6. The highest BCUT2D eigenvalue weighted by molar-refractivity contribution is 7.92. The number of rotatable bonds is 10. The van der Waals surface area contributed by atoms with Crippen LogP contribution in [0.15, 0.2) is 54.6 Å². The minimum Gasteiger partial charge on any atom is -0.337 e. The van der Waals surface area contributed by atoms with Gasteiger partial charge in [-0.3, -0.25) is 9.52 Å². The van der Waals surface area contributed by atoms with Crippen molar-refractivity contribution in [1.29, 1.82) is 0 Å². The van der Waals surface area contributed by atoms with Gasteiger partial charge in [-0.15, -0.1) is 0 Å². The number of hydrogen-bond donors (Lipinski definition) is 2. The fraction of sp³-hybridized carbons (Fsp3) is 0.350. The van der Waals surface area contributed by atoms with E-state index in [-0.39, 0.29) is 5.91 Å². The topological polar surface area (TPSA) is 78.5 Å². The minimum atomic E-state index is -3.33. The molecule has 0 fully saturated rings. The molecule has 0 aliphatic carbocycles. The molecule has 0 aliphatic rings. The van der Waals surface area contributed by atoms with Crippen LogP contribution in [0.1, 0.15) is 29.3 Å². The number of carbonyl (C=O) groups excluding carboxylic acids is 1. The molecule has 0 radical (unpaired) electrons.